The summed E-state index contributed by atoms with van der Waals surface area (Å²) in [4.78, 5) is 14.1. The highest BCUT2D eigenvalue weighted by molar-refractivity contribution is 9.09. The van der Waals surface area contributed by atoms with Crippen LogP contribution in [0.15, 0.2) is 18.2 Å². The van der Waals surface area contributed by atoms with Crippen molar-refractivity contribution in [2.24, 2.45) is 0 Å². The molecule has 2 rings (SSSR count). The zero-order chi connectivity index (χ0) is 13.1. The van der Waals surface area contributed by atoms with Gasteiger partial charge in [-0.05, 0) is 24.6 Å². The Morgan fingerprint density at radius 1 is 1.61 bits per heavy atom. The summed E-state index contributed by atoms with van der Waals surface area (Å²) in [6.45, 7) is 3.76. The van der Waals surface area contributed by atoms with Gasteiger partial charge in [0.1, 0.15) is 0 Å². The number of carbonyl (C=O) groups excluding carboxylic acids is 1. The fourth-order valence-corrected chi connectivity index (χ4v) is 2.48. The molecule has 1 atom stereocenters. The molecule has 0 aliphatic carbocycles. The molecule has 0 bridgehead atoms. The Labute approximate surface area is 120 Å². The molecule has 1 aromatic carbocycles. The Hall–Kier alpha value is -0.580. The van der Waals surface area contributed by atoms with Crippen LogP contribution in [-0.2, 0) is 4.74 Å². The lowest BCUT2D eigenvalue weighted by Gasteiger charge is -2.32. The van der Waals surface area contributed by atoms with Gasteiger partial charge in [0.05, 0.1) is 12.7 Å². The molecule has 0 radical (unpaired) electrons. The summed E-state index contributed by atoms with van der Waals surface area (Å²) in [5.41, 5.74) is 1.62. The molecule has 18 heavy (non-hydrogen) atoms. The van der Waals surface area contributed by atoms with E-state index in [1.54, 1.807) is 6.07 Å². The molecule has 3 nitrogen and oxygen atoms in total. The van der Waals surface area contributed by atoms with E-state index in [1.165, 1.54) is 0 Å². The molecule has 1 fully saturated rings. The molecule has 1 aliphatic heterocycles. The molecule has 1 unspecified atom stereocenters. The fraction of sp³-hybridized carbons (Fsp3) is 0.462. The van der Waals surface area contributed by atoms with Crippen molar-refractivity contribution >= 4 is 33.4 Å². The van der Waals surface area contributed by atoms with Crippen LogP contribution in [0.1, 0.15) is 15.9 Å². The first kappa shape index (κ1) is 13.8. The highest BCUT2D eigenvalue weighted by Crippen LogP contribution is 2.19. The third-order valence-corrected chi connectivity index (χ3v) is 4.15. The van der Waals surface area contributed by atoms with Gasteiger partial charge in [-0.25, -0.2) is 0 Å². The lowest BCUT2D eigenvalue weighted by Crippen LogP contribution is -2.46. The lowest BCUT2D eigenvalue weighted by atomic mass is 10.1. The average Bonchev–Trinajstić information content (AvgIpc) is 2.41. The molecule has 1 aliphatic rings. The monoisotopic (exact) mass is 331 g/mol. The largest absolute Gasteiger partial charge is 0.374 e. The number of hydrogen-bond acceptors (Lipinski definition) is 2. The molecule has 1 amide bonds. The average molecular weight is 333 g/mol. The van der Waals surface area contributed by atoms with Crippen molar-refractivity contribution in [2.75, 3.05) is 25.0 Å². The van der Waals surface area contributed by atoms with Crippen molar-refractivity contribution in [3.63, 3.8) is 0 Å². The van der Waals surface area contributed by atoms with Crippen molar-refractivity contribution in [2.45, 2.75) is 13.0 Å². The van der Waals surface area contributed by atoms with Crippen molar-refractivity contribution < 1.29 is 9.53 Å². The number of carbonyl (C=O) groups is 1. The number of hydrogen-bond donors (Lipinski definition) is 0. The quantitative estimate of drug-likeness (QED) is 0.779. The Bertz CT molecular complexity index is 453. The minimum absolute atomic E-state index is 0.0196. The Morgan fingerprint density at radius 2 is 2.39 bits per heavy atom. The maximum Gasteiger partial charge on any atom is 0.254 e. The van der Waals surface area contributed by atoms with E-state index < -0.39 is 0 Å². The first-order valence-electron chi connectivity index (χ1n) is 5.85. The summed E-state index contributed by atoms with van der Waals surface area (Å²) >= 11 is 9.43. The number of morpholine rings is 1. The second-order valence-corrected chi connectivity index (χ2v) is 5.42. The summed E-state index contributed by atoms with van der Waals surface area (Å²) in [6.07, 6.45) is 0.0728. The second-order valence-electron chi connectivity index (χ2n) is 4.36. The van der Waals surface area contributed by atoms with Gasteiger partial charge in [-0.2, -0.15) is 0 Å². The Kier molecular flexibility index (Phi) is 4.65. The molecule has 1 heterocycles. The van der Waals surface area contributed by atoms with Crippen molar-refractivity contribution in [1.29, 1.82) is 0 Å². The van der Waals surface area contributed by atoms with Crippen LogP contribution < -0.4 is 0 Å². The molecule has 1 aromatic rings. The van der Waals surface area contributed by atoms with E-state index in [4.69, 9.17) is 16.3 Å². The summed E-state index contributed by atoms with van der Waals surface area (Å²) < 4.78 is 5.52. The van der Waals surface area contributed by atoms with Gasteiger partial charge < -0.3 is 9.64 Å². The summed E-state index contributed by atoms with van der Waals surface area (Å²) in [7, 11) is 0. The number of ether oxygens (including phenoxy) is 1. The molecule has 0 spiro atoms. The number of aryl methyl sites for hydroxylation is 1. The molecule has 98 valence electrons. The molecular formula is C13H15BrClNO2. The Morgan fingerprint density at radius 3 is 3.06 bits per heavy atom. The second kappa shape index (κ2) is 6.04. The molecular weight excluding hydrogens is 318 g/mol. The summed E-state index contributed by atoms with van der Waals surface area (Å²) in [5.74, 6) is 0.0196. The number of amides is 1. The number of benzene rings is 1. The van der Waals surface area contributed by atoms with E-state index >= 15 is 0 Å². The van der Waals surface area contributed by atoms with Gasteiger partial charge in [0.15, 0.2) is 0 Å². The number of rotatable bonds is 2. The van der Waals surface area contributed by atoms with Crippen LogP contribution in [0.2, 0.25) is 5.02 Å². The number of alkyl halides is 1. The van der Waals surface area contributed by atoms with Gasteiger partial charge in [-0.1, -0.05) is 33.6 Å². The Balaban J connectivity index is 2.12. The fourth-order valence-electron chi connectivity index (χ4n) is 1.91. The van der Waals surface area contributed by atoms with Crippen LogP contribution in [0, 0.1) is 6.92 Å². The van der Waals surface area contributed by atoms with Crippen molar-refractivity contribution in [3.05, 3.63) is 34.3 Å². The maximum absolute atomic E-state index is 12.3. The zero-order valence-electron chi connectivity index (χ0n) is 10.2. The summed E-state index contributed by atoms with van der Waals surface area (Å²) in [5, 5.41) is 1.37. The highest BCUT2D eigenvalue weighted by Gasteiger charge is 2.24. The van der Waals surface area contributed by atoms with Crippen LogP contribution in [0.25, 0.3) is 0 Å². The molecule has 0 N–H and O–H groups in total. The highest BCUT2D eigenvalue weighted by atomic mass is 79.9. The normalized spacial score (nSPS) is 19.9. The molecule has 1 saturated heterocycles. The standard InChI is InChI=1S/C13H15BrClNO2/c1-9-2-3-10(6-12(9)15)13(17)16-4-5-18-11(7-14)8-16/h2-3,6,11H,4-5,7-8H2,1H3. The zero-order valence-corrected chi connectivity index (χ0v) is 12.5. The summed E-state index contributed by atoms with van der Waals surface area (Å²) in [6, 6.07) is 5.43. The minimum Gasteiger partial charge on any atom is -0.374 e. The van der Waals surface area contributed by atoms with E-state index in [9.17, 15) is 4.79 Å². The van der Waals surface area contributed by atoms with E-state index in [0.29, 0.717) is 30.3 Å². The van der Waals surface area contributed by atoms with Crippen LogP contribution in [0.5, 0.6) is 0 Å². The lowest BCUT2D eigenvalue weighted by molar-refractivity contribution is -0.00964. The van der Waals surface area contributed by atoms with Crippen molar-refractivity contribution in [1.82, 2.24) is 4.90 Å². The maximum atomic E-state index is 12.3. The van der Waals surface area contributed by atoms with Gasteiger partial charge in [0, 0.05) is 29.0 Å². The van der Waals surface area contributed by atoms with E-state index in [2.05, 4.69) is 15.9 Å². The van der Waals surface area contributed by atoms with Crippen LogP contribution in [0.3, 0.4) is 0 Å². The third-order valence-electron chi connectivity index (χ3n) is 3.02. The van der Waals surface area contributed by atoms with E-state index in [0.717, 1.165) is 10.9 Å². The number of halogens is 2. The van der Waals surface area contributed by atoms with Gasteiger partial charge in [-0.15, -0.1) is 0 Å². The van der Waals surface area contributed by atoms with Crippen LogP contribution in [-0.4, -0.2) is 41.9 Å². The van der Waals surface area contributed by atoms with Crippen molar-refractivity contribution in [3.8, 4) is 0 Å². The minimum atomic E-state index is 0.0196. The first-order chi connectivity index (χ1) is 8.61. The molecule has 5 heteroatoms. The predicted molar refractivity (Wildman–Crippen MR) is 75.6 cm³/mol. The smallest absolute Gasteiger partial charge is 0.254 e. The van der Waals surface area contributed by atoms with Crippen LogP contribution in [0.4, 0.5) is 0 Å². The molecule has 0 saturated carbocycles. The third kappa shape index (κ3) is 3.05. The van der Waals surface area contributed by atoms with Gasteiger partial charge in [0.2, 0.25) is 0 Å². The SMILES string of the molecule is Cc1ccc(C(=O)N2CCOC(CBr)C2)cc1Cl. The first-order valence-corrected chi connectivity index (χ1v) is 7.34. The van der Waals surface area contributed by atoms with E-state index in [1.807, 2.05) is 24.0 Å². The number of nitrogens with zero attached hydrogens (tertiary/aromatic N) is 1. The van der Waals surface area contributed by atoms with E-state index in [-0.39, 0.29) is 12.0 Å². The topological polar surface area (TPSA) is 29.5 Å². The molecule has 0 aromatic heterocycles. The van der Waals surface area contributed by atoms with Gasteiger partial charge in [-0.3, -0.25) is 4.79 Å². The predicted octanol–water partition coefficient (Wildman–Crippen LogP) is 2.88. The van der Waals surface area contributed by atoms with Gasteiger partial charge in [0.25, 0.3) is 5.91 Å². The van der Waals surface area contributed by atoms with Gasteiger partial charge >= 0.3 is 0 Å². The van der Waals surface area contributed by atoms with Crippen LogP contribution >= 0.6 is 27.5 Å².